The minimum absolute atomic E-state index is 0.00223. The zero-order valence-corrected chi connectivity index (χ0v) is 17.6. The molecular formula is C23H25N4O4-. The van der Waals surface area contributed by atoms with E-state index in [1.54, 1.807) is 10.6 Å². The molecule has 8 nitrogen and oxygen atoms in total. The van der Waals surface area contributed by atoms with E-state index in [0.29, 0.717) is 31.2 Å². The molecule has 1 fully saturated rings. The molecule has 31 heavy (non-hydrogen) atoms. The van der Waals surface area contributed by atoms with Gasteiger partial charge in [0.2, 0.25) is 0 Å². The van der Waals surface area contributed by atoms with Crippen LogP contribution in [0.3, 0.4) is 0 Å². The zero-order valence-electron chi connectivity index (χ0n) is 17.6. The van der Waals surface area contributed by atoms with Gasteiger partial charge in [0.05, 0.1) is 0 Å². The first kappa shape index (κ1) is 19.8. The second kappa shape index (κ2) is 7.25. The van der Waals surface area contributed by atoms with Gasteiger partial charge in [-0.2, -0.15) is 0 Å². The third-order valence-electron chi connectivity index (χ3n) is 6.60. The van der Waals surface area contributed by atoms with Crippen LogP contribution in [0.5, 0.6) is 0 Å². The third-order valence-corrected chi connectivity index (χ3v) is 6.60. The summed E-state index contributed by atoms with van der Waals surface area (Å²) >= 11 is 0. The number of anilines is 1. The monoisotopic (exact) mass is 421 g/mol. The number of piperidine rings is 1. The second-order valence-corrected chi connectivity index (χ2v) is 8.93. The Morgan fingerprint density at radius 3 is 2.71 bits per heavy atom. The number of carbonyl (C=O) groups excluding carboxylic acids is 1. The lowest BCUT2D eigenvalue weighted by Crippen LogP contribution is -2.49. The molecule has 0 radical (unpaired) electrons. The lowest BCUT2D eigenvalue weighted by atomic mass is 9.83. The Kier molecular flexibility index (Phi) is 4.64. The van der Waals surface area contributed by atoms with Gasteiger partial charge in [0.1, 0.15) is 5.69 Å². The Morgan fingerprint density at radius 2 is 1.97 bits per heavy atom. The van der Waals surface area contributed by atoms with Gasteiger partial charge in [-0.15, -0.1) is 0 Å². The number of benzene rings is 1. The van der Waals surface area contributed by atoms with E-state index in [1.807, 2.05) is 35.4 Å². The number of pyridine rings is 1. The highest BCUT2D eigenvalue weighted by Crippen LogP contribution is 2.36. The number of hydrogen-bond acceptors (Lipinski definition) is 5. The van der Waals surface area contributed by atoms with Crippen LogP contribution in [0.25, 0.3) is 10.9 Å². The molecule has 0 aliphatic carbocycles. The topological polar surface area (TPSA) is 93.8 Å². The van der Waals surface area contributed by atoms with Gasteiger partial charge >= 0.3 is 0 Å². The summed E-state index contributed by atoms with van der Waals surface area (Å²) in [5, 5.41) is 21.1. The summed E-state index contributed by atoms with van der Waals surface area (Å²) < 4.78 is 3.77. The highest BCUT2D eigenvalue weighted by atomic mass is 16.8. The number of amides is 1. The average Bonchev–Trinajstić information content (AvgIpc) is 3.17. The molecule has 5 rings (SSSR count). The maximum Gasteiger partial charge on any atom is 0.275 e. The van der Waals surface area contributed by atoms with Crippen molar-refractivity contribution in [2.24, 2.45) is 5.92 Å². The number of rotatable bonds is 3. The fourth-order valence-electron chi connectivity index (χ4n) is 5.18. The van der Waals surface area contributed by atoms with Crippen LogP contribution in [-0.2, 0) is 6.54 Å². The fraction of sp³-hybridized carbons (Fsp3) is 0.391. The number of hydrogen-bond donors (Lipinski definition) is 1. The summed E-state index contributed by atoms with van der Waals surface area (Å²) in [4.78, 5) is 27.8. The molecule has 8 heteroatoms. The molecule has 1 aromatic carbocycles. The van der Waals surface area contributed by atoms with Crippen molar-refractivity contribution in [3.8, 4) is 0 Å². The molecule has 0 spiro atoms. The van der Waals surface area contributed by atoms with Crippen molar-refractivity contribution in [3.05, 3.63) is 69.4 Å². The van der Waals surface area contributed by atoms with Crippen molar-refractivity contribution in [1.82, 2.24) is 14.0 Å². The van der Waals surface area contributed by atoms with Gasteiger partial charge in [-0.3, -0.25) is 14.8 Å². The first-order valence-corrected chi connectivity index (χ1v) is 10.6. The van der Waals surface area contributed by atoms with Crippen LogP contribution in [0.4, 0.5) is 5.69 Å². The number of carbonyl (C=O) groups is 1. The molecule has 2 aliphatic heterocycles. The summed E-state index contributed by atoms with van der Waals surface area (Å²) in [5.74, 6) is 0.165. The van der Waals surface area contributed by atoms with Gasteiger partial charge in [0.25, 0.3) is 11.5 Å². The molecule has 2 unspecified atom stereocenters. The molecule has 3 aromatic rings. The van der Waals surface area contributed by atoms with Crippen molar-refractivity contribution >= 4 is 22.5 Å². The van der Waals surface area contributed by atoms with Crippen LogP contribution in [-0.4, -0.2) is 38.2 Å². The van der Waals surface area contributed by atoms with Crippen LogP contribution in [0.15, 0.2) is 47.4 Å². The summed E-state index contributed by atoms with van der Waals surface area (Å²) in [7, 11) is 0. The number of nitrogens with zero attached hydrogens (tertiary/aromatic N) is 4. The van der Waals surface area contributed by atoms with Gasteiger partial charge in [0, 0.05) is 60.0 Å². The minimum atomic E-state index is -0.482. The normalized spacial score (nSPS) is 20.2. The summed E-state index contributed by atoms with van der Waals surface area (Å²) in [6, 6.07) is 11.3. The van der Waals surface area contributed by atoms with Crippen LogP contribution >= 0.6 is 0 Å². The second-order valence-electron chi connectivity index (χ2n) is 8.93. The van der Waals surface area contributed by atoms with Crippen LogP contribution < -0.4 is 10.8 Å². The van der Waals surface area contributed by atoms with E-state index in [4.69, 9.17) is 5.21 Å². The highest BCUT2D eigenvalue weighted by Gasteiger charge is 2.37. The first-order valence-electron chi connectivity index (χ1n) is 10.6. The summed E-state index contributed by atoms with van der Waals surface area (Å²) in [5.41, 5.74) is 1.84. The standard InChI is InChI=1S/C23H25N4O4/c1-14(2)25-8-7-16-10-17(3-4-19(16)25)22(28)24-11-15-9-18(13-24)20-5-6-21(27(30)31)23(29)26(20)12-15/h3-8,10,14-15,18,30H,9,11-13H2,1-2H3/q-1. The van der Waals surface area contributed by atoms with E-state index >= 15 is 0 Å². The largest absolute Gasteiger partial charge is 0.733 e. The Balaban J connectivity index is 1.43. The zero-order chi connectivity index (χ0) is 21.9. The van der Waals surface area contributed by atoms with Crippen molar-refractivity contribution in [3.63, 3.8) is 0 Å². The fourth-order valence-corrected chi connectivity index (χ4v) is 5.18. The van der Waals surface area contributed by atoms with Gasteiger partial charge in [-0.1, -0.05) is 0 Å². The van der Waals surface area contributed by atoms with E-state index in [1.165, 1.54) is 6.07 Å². The molecule has 0 saturated carbocycles. The lowest BCUT2D eigenvalue weighted by Gasteiger charge is -2.43. The smallest absolute Gasteiger partial charge is 0.275 e. The predicted octanol–water partition coefficient (Wildman–Crippen LogP) is 3.34. The molecular weight excluding hydrogens is 396 g/mol. The number of aromatic nitrogens is 2. The first-order chi connectivity index (χ1) is 14.8. The molecule has 4 heterocycles. The number of likely N-dealkylation sites (tertiary alicyclic amines) is 1. The molecule has 2 aromatic heterocycles. The van der Waals surface area contributed by atoms with Crippen molar-refractivity contribution in [1.29, 1.82) is 0 Å². The van der Waals surface area contributed by atoms with Gasteiger partial charge in [-0.25, -0.2) is 0 Å². The van der Waals surface area contributed by atoms with Gasteiger partial charge in [-0.05, 0) is 62.6 Å². The number of fused-ring (bicyclic) bond motifs is 5. The van der Waals surface area contributed by atoms with Crippen molar-refractivity contribution in [2.45, 2.75) is 38.8 Å². The minimum Gasteiger partial charge on any atom is -0.733 e. The van der Waals surface area contributed by atoms with Crippen LogP contribution in [0.1, 0.15) is 48.3 Å². The van der Waals surface area contributed by atoms with Gasteiger partial charge in [0.15, 0.2) is 0 Å². The molecule has 1 amide bonds. The average molecular weight is 421 g/mol. The molecule has 2 atom stereocenters. The van der Waals surface area contributed by atoms with E-state index in [2.05, 4.69) is 18.4 Å². The Hall–Kier alpha value is -3.10. The summed E-state index contributed by atoms with van der Waals surface area (Å²) in [6.45, 7) is 5.79. The quantitative estimate of drug-likeness (QED) is 0.655. The Morgan fingerprint density at radius 1 is 1.16 bits per heavy atom. The Bertz CT molecular complexity index is 1230. The molecule has 1 saturated heterocycles. The lowest BCUT2D eigenvalue weighted by molar-refractivity contribution is 0.0594. The van der Waals surface area contributed by atoms with Crippen LogP contribution in [0, 0.1) is 11.1 Å². The summed E-state index contributed by atoms with van der Waals surface area (Å²) in [6.07, 6.45) is 2.95. The van der Waals surface area contributed by atoms with E-state index in [-0.39, 0.29) is 28.7 Å². The highest BCUT2D eigenvalue weighted by molar-refractivity contribution is 5.98. The SMILES string of the molecule is CC(C)n1ccc2cc(C(=O)N3CC4CC(C3)c3ccc(N([O-])O)c(=O)n3C4)ccc21. The molecule has 2 bridgehead atoms. The predicted molar refractivity (Wildman–Crippen MR) is 117 cm³/mol. The Labute approximate surface area is 179 Å². The van der Waals surface area contributed by atoms with Gasteiger partial charge < -0.3 is 24.5 Å². The maximum absolute atomic E-state index is 13.3. The molecule has 2 aliphatic rings. The van der Waals surface area contributed by atoms with Crippen LogP contribution in [0.2, 0.25) is 0 Å². The maximum atomic E-state index is 13.3. The van der Waals surface area contributed by atoms with E-state index in [0.717, 1.165) is 23.0 Å². The third kappa shape index (κ3) is 3.23. The van der Waals surface area contributed by atoms with E-state index < -0.39 is 5.56 Å². The van der Waals surface area contributed by atoms with Crippen molar-refractivity contribution in [2.75, 3.05) is 18.3 Å². The van der Waals surface area contributed by atoms with Crippen molar-refractivity contribution < 1.29 is 10.0 Å². The van der Waals surface area contributed by atoms with E-state index in [9.17, 15) is 14.8 Å². The molecule has 1 N–H and O–H groups in total. The molecule has 162 valence electrons.